The lowest BCUT2D eigenvalue weighted by Crippen LogP contribution is -2.52. The number of likely N-dealkylation sites (N-methyl/N-ethyl adjacent to an activating group) is 1. The van der Waals surface area contributed by atoms with Gasteiger partial charge in [0, 0.05) is 94.2 Å². The van der Waals surface area contributed by atoms with E-state index < -0.39 is 7.14 Å². The highest BCUT2D eigenvalue weighted by Gasteiger charge is 2.27. The van der Waals surface area contributed by atoms with Gasteiger partial charge in [-0.2, -0.15) is 4.98 Å². The van der Waals surface area contributed by atoms with Crippen molar-refractivity contribution < 1.29 is 14.0 Å². The summed E-state index contributed by atoms with van der Waals surface area (Å²) in [5.41, 5.74) is 3.69. The molecule has 1 aromatic heterocycles. The van der Waals surface area contributed by atoms with Crippen molar-refractivity contribution in [1.82, 2.24) is 19.8 Å². The van der Waals surface area contributed by atoms with Gasteiger partial charge in [0.05, 0.1) is 38.9 Å². The van der Waals surface area contributed by atoms with Gasteiger partial charge in [-0.3, -0.25) is 4.90 Å². The molecule has 0 aliphatic carbocycles. The van der Waals surface area contributed by atoms with E-state index >= 15 is 0 Å². The zero-order valence-electron chi connectivity index (χ0n) is 27.3. The van der Waals surface area contributed by atoms with Crippen molar-refractivity contribution in [2.75, 3.05) is 113 Å². The van der Waals surface area contributed by atoms with E-state index in [1.165, 1.54) is 25.9 Å². The van der Waals surface area contributed by atoms with Crippen LogP contribution in [0.3, 0.4) is 0 Å². The minimum Gasteiger partial charge on any atom is -0.494 e. The summed E-state index contributed by atoms with van der Waals surface area (Å²) >= 11 is 6.53. The topological polar surface area (TPSA) is 98.3 Å². The lowest BCUT2D eigenvalue weighted by atomic mass is 10.0. The molecular weight excluding hydrogens is 623 g/mol. The van der Waals surface area contributed by atoms with Crippen molar-refractivity contribution in [2.24, 2.45) is 0 Å². The van der Waals surface area contributed by atoms with E-state index in [2.05, 4.69) is 59.4 Å². The maximum atomic E-state index is 12.4. The van der Waals surface area contributed by atoms with Crippen LogP contribution in [0.2, 0.25) is 5.02 Å². The van der Waals surface area contributed by atoms with Crippen molar-refractivity contribution in [3.63, 3.8) is 0 Å². The second-order valence-electron chi connectivity index (χ2n) is 12.7. The van der Waals surface area contributed by atoms with Crippen LogP contribution in [0.15, 0.2) is 42.6 Å². The Balaban J connectivity index is 1.11. The molecule has 6 rings (SSSR count). The van der Waals surface area contributed by atoms with Crippen LogP contribution >= 0.6 is 18.7 Å². The van der Waals surface area contributed by atoms with Crippen LogP contribution < -0.4 is 29.9 Å². The summed E-state index contributed by atoms with van der Waals surface area (Å²) in [4.78, 5) is 18.9. The standard InChI is InChI=1S/C33H46ClN8O3P/c1-39-13-15-41(16-14-39)24-9-11-40(12-10-24)25-6-8-29(31(21-25)45-3)37-33-35-23-27(34)32(38-33)36-28-7-5-26(22-30(28)44-2)42-17-19-46(4,43)20-18-42/h5-8,21-24H,9-20H2,1-4H3,(H2,35,36,37,38). The number of hydrogen-bond acceptors (Lipinski definition) is 11. The molecule has 4 heterocycles. The summed E-state index contributed by atoms with van der Waals surface area (Å²) in [5, 5.41) is 7.01. The number of aromatic nitrogens is 2. The number of piperazine rings is 1. The summed E-state index contributed by atoms with van der Waals surface area (Å²) in [6, 6.07) is 12.9. The van der Waals surface area contributed by atoms with Crippen molar-refractivity contribution in [1.29, 1.82) is 0 Å². The summed E-state index contributed by atoms with van der Waals surface area (Å²) in [6.45, 7) is 10.2. The Hall–Kier alpha value is -3.24. The second-order valence-corrected chi connectivity index (χ2v) is 16.6. The second kappa shape index (κ2) is 14.3. The molecule has 0 spiro atoms. The summed E-state index contributed by atoms with van der Waals surface area (Å²) in [5.74, 6) is 2.23. The van der Waals surface area contributed by atoms with Crippen LogP contribution in [0.1, 0.15) is 12.8 Å². The third kappa shape index (κ3) is 7.65. The Morgan fingerprint density at radius 2 is 1.39 bits per heavy atom. The highest BCUT2D eigenvalue weighted by molar-refractivity contribution is 7.63. The Labute approximate surface area is 277 Å². The first-order valence-corrected chi connectivity index (χ1v) is 19.0. The molecule has 248 valence electrons. The number of anilines is 6. The summed E-state index contributed by atoms with van der Waals surface area (Å²) in [6.07, 6.45) is 5.38. The molecule has 0 atom stereocenters. The molecule has 13 heteroatoms. The molecule has 0 amide bonds. The van der Waals surface area contributed by atoms with Gasteiger partial charge in [0.2, 0.25) is 5.95 Å². The maximum absolute atomic E-state index is 12.4. The molecule has 0 unspecified atom stereocenters. The Morgan fingerprint density at radius 1 is 0.826 bits per heavy atom. The Morgan fingerprint density at radius 3 is 1.98 bits per heavy atom. The van der Waals surface area contributed by atoms with E-state index in [-0.39, 0.29) is 0 Å². The first kappa shape index (κ1) is 32.7. The van der Waals surface area contributed by atoms with Gasteiger partial charge < -0.3 is 39.4 Å². The summed E-state index contributed by atoms with van der Waals surface area (Å²) < 4.78 is 24.0. The van der Waals surface area contributed by atoms with Crippen LogP contribution in [-0.2, 0) is 4.57 Å². The van der Waals surface area contributed by atoms with E-state index in [0.717, 1.165) is 80.1 Å². The number of nitrogens with one attached hydrogen (secondary N) is 2. The number of methoxy groups -OCH3 is 2. The quantitative estimate of drug-likeness (QED) is 0.276. The van der Waals surface area contributed by atoms with E-state index in [4.69, 9.17) is 21.1 Å². The van der Waals surface area contributed by atoms with Crippen molar-refractivity contribution in [3.05, 3.63) is 47.6 Å². The number of piperidine rings is 1. The van der Waals surface area contributed by atoms with Crippen molar-refractivity contribution in [3.8, 4) is 11.5 Å². The summed E-state index contributed by atoms with van der Waals surface area (Å²) in [7, 11) is 3.52. The number of ether oxygens (including phenoxy) is 2. The minimum absolute atomic E-state index is 0.383. The highest BCUT2D eigenvalue weighted by atomic mass is 35.5. The Kier molecular flexibility index (Phi) is 10.1. The van der Waals surface area contributed by atoms with Gasteiger partial charge in [-0.05, 0) is 50.8 Å². The molecule has 2 N–H and O–H groups in total. The number of benzene rings is 2. The SMILES string of the molecule is COc1cc(N2CCC(N3CCN(C)CC3)CC2)ccc1Nc1ncc(Cl)c(Nc2ccc(N3CCP(C)(=O)CC3)cc2OC)n1. The largest absolute Gasteiger partial charge is 0.494 e. The normalized spacial score (nSPS) is 19.6. The molecule has 3 aliphatic heterocycles. The molecular formula is C33H46ClN8O3P. The number of halogens is 1. The number of hydrogen-bond donors (Lipinski definition) is 2. The lowest BCUT2D eigenvalue weighted by Gasteiger charge is -2.42. The van der Waals surface area contributed by atoms with Gasteiger partial charge in [0.25, 0.3) is 0 Å². The van der Waals surface area contributed by atoms with Crippen LogP contribution in [0.5, 0.6) is 11.5 Å². The van der Waals surface area contributed by atoms with Gasteiger partial charge in [-0.1, -0.05) is 11.6 Å². The molecule has 46 heavy (non-hydrogen) atoms. The van der Waals surface area contributed by atoms with Crippen LogP contribution in [0, 0.1) is 0 Å². The smallest absolute Gasteiger partial charge is 0.229 e. The molecule has 2 aromatic carbocycles. The first-order chi connectivity index (χ1) is 22.2. The highest BCUT2D eigenvalue weighted by Crippen LogP contribution is 2.44. The monoisotopic (exact) mass is 668 g/mol. The molecule has 0 bridgehead atoms. The van der Waals surface area contributed by atoms with E-state index in [9.17, 15) is 4.57 Å². The van der Waals surface area contributed by atoms with Gasteiger partial charge >= 0.3 is 0 Å². The zero-order chi connectivity index (χ0) is 32.3. The van der Waals surface area contributed by atoms with E-state index in [1.807, 2.05) is 30.9 Å². The van der Waals surface area contributed by atoms with Crippen molar-refractivity contribution in [2.45, 2.75) is 18.9 Å². The van der Waals surface area contributed by atoms with Gasteiger partial charge in [0.1, 0.15) is 16.5 Å². The number of rotatable bonds is 9. The molecule has 3 aromatic rings. The molecule has 3 aliphatic rings. The lowest BCUT2D eigenvalue weighted by molar-refractivity contribution is 0.0982. The van der Waals surface area contributed by atoms with E-state index in [1.54, 1.807) is 20.4 Å². The Bertz CT molecular complexity index is 1550. The fourth-order valence-corrected chi connectivity index (χ4v) is 8.24. The van der Waals surface area contributed by atoms with Crippen molar-refractivity contribution >= 4 is 53.3 Å². The van der Waals surface area contributed by atoms with Gasteiger partial charge in [-0.15, -0.1) is 0 Å². The van der Waals surface area contributed by atoms with E-state index in [0.29, 0.717) is 28.6 Å². The van der Waals surface area contributed by atoms with Gasteiger partial charge in [0.15, 0.2) is 5.82 Å². The first-order valence-electron chi connectivity index (χ1n) is 16.1. The average molecular weight is 669 g/mol. The fourth-order valence-electron chi connectivity index (χ4n) is 6.55. The fraction of sp³-hybridized carbons (Fsp3) is 0.515. The number of nitrogens with zero attached hydrogens (tertiary/aromatic N) is 6. The zero-order valence-corrected chi connectivity index (χ0v) is 29.0. The maximum Gasteiger partial charge on any atom is 0.229 e. The van der Waals surface area contributed by atoms with Crippen LogP contribution in [-0.4, -0.2) is 118 Å². The minimum atomic E-state index is -2.01. The predicted molar refractivity (Wildman–Crippen MR) is 189 cm³/mol. The van der Waals surface area contributed by atoms with Gasteiger partial charge in [-0.25, -0.2) is 4.98 Å². The third-order valence-electron chi connectivity index (χ3n) is 9.55. The van der Waals surface area contributed by atoms with Crippen LogP contribution in [0.25, 0.3) is 0 Å². The third-order valence-corrected chi connectivity index (χ3v) is 12.1. The average Bonchev–Trinajstić information content (AvgIpc) is 3.07. The van der Waals surface area contributed by atoms with Crippen LogP contribution in [0.4, 0.5) is 34.5 Å². The molecule has 3 fully saturated rings. The predicted octanol–water partition coefficient (Wildman–Crippen LogP) is 5.66. The molecule has 11 nitrogen and oxygen atoms in total. The molecule has 3 saturated heterocycles. The molecule has 0 saturated carbocycles. The molecule has 0 radical (unpaired) electrons.